The van der Waals surface area contributed by atoms with E-state index in [1.54, 1.807) is 67.6 Å². The van der Waals surface area contributed by atoms with Crippen molar-refractivity contribution in [1.29, 1.82) is 5.26 Å². The van der Waals surface area contributed by atoms with Gasteiger partial charge in [-0.3, -0.25) is 9.36 Å². The molecule has 0 amide bonds. The van der Waals surface area contributed by atoms with Crippen molar-refractivity contribution in [3.05, 3.63) is 160 Å². The van der Waals surface area contributed by atoms with Gasteiger partial charge in [-0.25, -0.2) is 9.79 Å². The van der Waals surface area contributed by atoms with Crippen molar-refractivity contribution < 1.29 is 14.3 Å². The molecule has 1 aliphatic rings. The third-order valence-electron chi connectivity index (χ3n) is 7.30. The number of aromatic nitrogens is 1. The number of carbonyl (C=O) groups is 1. The highest BCUT2D eigenvalue weighted by Gasteiger charge is 2.35. The van der Waals surface area contributed by atoms with E-state index in [1.807, 2.05) is 42.5 Å². The van der Waals surface area contributed by atoms with E-state index in [2.05, 4.69) is 6.07 Å². The Bertz CT molecular complexity index is 2180. The van der Waals surface area contributed by atoms with Crippen LogP contribution in [0.2, 0.25) is 10.0 Å². The molecule has 46 heavy (non-hydrogen) atoms. The molecular formula is C36H25Cl2N3O4S. The first-order valence-corrected chi connectivity index (χ1v) is 15.9. The first-order valence-electron chi connectivity index (χ1n) is 14.3. The number of hydrogen-bond donors (Lipinski definition) is 0. The Balaban J connectivity index is 1.51. The molecular weight excluding hydrogens is 641 g/mol. The number of fused-ring (bicyclic) bond motifs is 1. The van der Waals surface area contributed by atoms with Crippen molar-refractivity contribution in [3.8, 4) is 11.8 Å². The van der Waals surface area contributed by atoms with Crippen LogP contribution in [0.4, 0.5) is 0 Å². The lowest BCUT2D eigenvalue weighted by Gasteiger charge is -2.25. The molecule has 4 aromatic carbocycles. The highest BCUT2D eigenvalue weighted by atomic mass is 35.5. The number of halogens is 2. The summed E-state index contributed by atoms with van der Waals surface area (Å²) in [6.07, 6.45) is 1.72. The van der Waals surface area contributed by atoms with Gasteiger partial charge in [-0.05, 0) is 66.6 Å². The van der Waals surface area contributed by atoms with Crippen LogP contribution >= 0.6 is 34.5 Å². The van der Waals surface area contributed by atoms with Crippen LogP contribution in [0.1, 0.15) is 40.8 Å². The van der Waals surface area contributed by atoms with E-state index in [0.29, 0.717) is 47.5 Å². The summed E-state index contributed by atoms with van der Waals surface area (Å²) >= 11 is 13.8. The van der Waals surface area contributed by atoms with Crippen molar-refractivity contribution >= 4 is 52.3 Å². The molecule has 0 aliphatic carbocycles. The van der Waals surface area contributed by atoms with Gasteiger partial charge in [0.2, 0.25) is 0 Å². The zero-order valence-corrected chi connectivity index (χ0v) is 26.8. The Morgan fingerprint density at radius 1 is 1.00 bits per heavy atom. The van der Waals surface area contributed by atoms with Gasteiger partial charge in [-0.2, -0.15) is 5.26 Å². The van der Waals surface area contributed by atoms with E-state index in [4.69, 9.17) is 42.9 Å². The molecule has 2 heterocycles. The van der Waals surface area contributed by atoms with Crippen LogP contribution in [0, 0.1) is 11.3 Å². The van der Waals surface area contributed by atoms with E-state index in [9.17, 15) is 9.59 Å². The fourth-order valence-corrected chi connectivity index (χ4v) is 6.44. The SMILES string of the molecule is CCOC(=O)C1=C(c2ccccc2)N=c2s/c(=C\c3cc(Cl)ccc3OCc3ccc(C#N)cc3)c(=O)n2[C@H]1c1ccc(Cl)cc1. The lowest BCUT2D eigenvalue weighted by molar-refractivity contribution is -0.138. The fourth-order valence-electron chi connectivity index (χ4n) is 5.14. The van der Waals surface area contributed by atoms with Crippen LogP contribution in [0.25, 0.3) is 11.8 Å². The van der Waals surface area contributed by atoms with Gasteiger partial charge in [0.15, 0.2) is 4.80 Å². The largest absolute Gasteiger partial charge is 0.488 e. The lowest BCUT2D eigenvalue weighted by Crippen LogP contribution is -2.40. The van der Waals surface area contributed by atoms with Gasteiger partial charge in [-0.15, -0.1) is 0 Å². The Labute approximate surface area is 278 Å². The predicted molar refractivity (Wildman–Crippen MR) is 179 cm³/mol. The number of nitrogens with zero attached hydrogens (tertiary/aromatic N) is 3. The van der Waals surface area contributed by atoms with Gasteiger partial charge in [-0.1, -0.05) is 89.1 Å². The third-order valence-corrected chi connectivity index (χ3v) is 8.77. The smallest absolute Gasteiger partial charge is 0.338 e. The molecule has 0 bridgehead atoms. The minimum atomic E-state index is -0.823. The fraction of sp³-hybridized carbons (Fsp3) is 0.111. The molecule has 228 valence electrons. The molecule has 6 rings (SSSR count). The molecule has 1 aromatic heterocycles. The van der Waals surface area contributed by atoms with Crippen molar-refractivity contribution in [2.45, 2.75) is 19.6 Å². The molecule has 10 heteroatoms. The minimum absolute atomic E-state index is 0.155. The number of hydrogen-bond acceptors (Lipinski definition) is 7. The summed E-state index contributed by atoms with van der Waals surface area (Å²) in [7, 11) is 0. The molecule has 5 aromatic rings. The van der Waals surface area contributed by atoms with Crippen LogP contribution in [-0.2, 0) is 16.1 Å². The number of thiazole rings is 1. The Hall–Kier alpha value is -4.94. The molecule has 0 radical (unpaired) electrons. The van der Waals surface area contributed by atoms with Gasteiger partial charge >= 0.3 is 5.97 Å². The van der Waals surface area contributed by atoms with Crippen LogP contribution < -0.4 is 19.6 Å². The molecule has 1 atom stereocenters. The van der Waals surface area contributed by atoms with Crippen molar-refractivity contribution in [3.63, 3.8) is 0 Å². The first kappa shape index (κ1) is 31.1. The van der Waals surface area contributed by atoms with Crippen LogP contribution in [0.5, 0.6) is 5.75 Å². The standard InChI is InChI=1S/C36H25Cl2N3O4S/c1-2-44-35(43)31-32(24-6-4-3-5-7-24)40-36-41(33(31)25-12-14-27(37)15-13-25)34(42)30(46-36)19-26-18-28(38)16-17-29(26)45-21-23-10-8-22(20-39)9-11-23/h3-19,33H,2,21H2,1H3/b30-19-/t33-/m0/s1. The second-order valence-electron chi connectivity index (χ2n) is 10.3. The minimum Gasteiger partial charge on any atom is -0.488 e. The van der Waals surface area contributed by atoms with Crippen molar-refractivity contribution in [2.24, 2.45) is 4.99 Å². The molecule has 0 spiro atoms. The monoisotopic (exact) mass is 665 g/mol. The zero-order valence-electron chi connectivity index (χ0n) is 24.4. The number of esters is 1. The highest BCUT2D eigenvalue weighted by Crippen LogP contribution is 2.35. The van der Waals surface area contributed by atoms with E-state index in [0.717, 1.165) is 11.1 Å². The number of carbonyl (C=O) groups excluding carboxylic acids is 1. The van der Waals surface area contributed by atoms with Gasteiger partial charge in [0.05, 0.1) is 40.1 Å². The summed E-state index contributed by atoms with van der Waals surface area (Å²) in [5.41, 5.74) is 3.78. The number of nitriles is 1. The maximum Gasteiger partial charge on any atom is 0.338 e. The van der Waals surface area contributed by atoms with Crippen molar-refractivity contribution in [1.82, 2.24) is 4.57 Å². The van der Waals surface area contributed by atoms with Gasteiger partial charge in [0.25, 0.3) is 5.56 Å². The second kappa shape index (κ2) is 13.6. The zero-order chi connectivity index (χ0) is 32.2. The van der Waals surface area contributed by atoms with Gasteiger partial charge < -0.3 is 9.47 Å². The topological polar surface area (TPSA) is 93.7 Å². The summed E-state index contributed by atoms with van der Waals surface area (Å²) in [5, 5.41) is 10.1. The molecule has 0 fully saturated rings. The molecule has 0 saturated carbocycles. The third kappa shape index (κ3) is 6.40. The number of benzene rings is 4. The summed E-state index contributed by atoms with van der Waals surface area (Å²) in [6.45, 7) is 2.14. The first-order chi connectivity index (χ1) is 22.4. The van der Waals surface area contributed by atoms with E-state index < -0.39 is 12.0 Å². The number of rotatable bonds is 8. The quantitative estimate of drug-likeness (QED) is 0.172. The van der Waals surface area contributed by atoms with Gasteiger partial charge in [0, 0.05) is 21.2 Å². The molecule has 0 unspecified atom stereocenters. The summed E-state index contributed by atoms with van der Waals surface area (Å²) < 4.78 is 13.6. The Morgan fingerprint density at radius 2 is 1.72 bits per heavy atom. The predicted octanol–water partition coefficient (Wildman–Crippen LogP) is 6.69. The highest BCUT2D eigenvalue weighted by molar-refractivity contribution is 7.07. The molecule has 0 N–H and O–H groups in total. The van der Waals surface area contributed by atoms with Crippen molar-refractivity contribution in [2.75, 3.05) is 6.61 Å². The summed E-state index contributed by atoms with van der Waals surface area (Å²) in [4.78, 5) is 33.2. The molecule has 7 nitrogen and oxygen atoms in total. The van der Waals surface area contributed by atoms with Crippen LogP contribution in [0.15, 0.2) is 112 Å². The normalized spacial score (nSPS) is 14.3. The second-order valence-corrected chi connectivity index (χ2v) is 12.1. The lowest BCUT2D eigenvalue weighted by atomic mass is 9.93. The number of ether oxygens (including phenoxy) is 2. The maximum absolute atomic E-state index is 14.3. The van der Waals surface area contributed by atoms with E-state index in [1.165, 1.54) is 15.9 Å². The Kier molecular flexibility index (Phi) is 9.18. The maximum atomic E-state index is 14.3. The van der Waals surface area contributed by atoms with E-state index in [-0.39, 0.29) is 24.3 Å². The van der Waals surface area contributed by atoms with Crippen LogP contribution in [0.3, 0.4) is 0 Å². The molecule has 0 saturated heterocycles. The van der Waals surface area contributed by atoms with Crippen LogP contribution in [-0.4, -0.2) is 17.1 Å². The van der Waals surface area contributed by atoms with E-state index >= 15 is 0 Å². The summed E-state index contributed by atoms with van der Waals surface area (Å²) in [6, 6.07) is 30.0. The average molecular weight is 667 g/mol. The Morgan fingerprint density at radius 3 is 2.41 bits per heavy atom. The van der Waals surface area contributed by atoms with Gasteiger partial charge in [0.1, 0.15) is 12.4 Å². The average Bonchev–Trinajstić information content (AvgIpc) is 3.38. The molecule has 1 aliphatic heterocycles. The summed E-state index contributed by atoms with van der Waals surface area (Å²) in [5.74, 6) is -0.0429.